The van der Waals surface area contributed by atoms with Crippen molar-refractivity contribution in [2.45, 2.75) is 25.8 Å². The molecular weight excluding hydrogens is 389 g/mol. The Kier molecular flexibility index (Phi) is 6.71. The molecule has 116 valence electrons. The molecule has 1 atom stereocenters. The third-order valence-corrected chi connectivity index (χ3v) is 4.02. The first-order valence-corrected chi connectivity index (χ1v) is 8.43. The SMILES string of the molecule is CC(CCc1ccccc1)NC(=O)COc1ccc(I)cc1. The van der Waals surface area contributed by atoms with E-state index in [1.165, 1.54) is 5.56 Å². The summed E-state index contributed by atoms with van der Waals surface area (Å²) in [6, 6.07) is 18.1. The van der Waals surface area contributed by atoms with Gasteiger partial charge >= 0.3 is 0 Å². The predicted molar refractivity (Wildman–Crippen MR) is 97.0 cm³/mol. The predicted octanol–water partition coefficient (Wildman–Crippen LogP) is 3.81. The Bertz CT molecular complexity index is 584. The topological polar surface area (TPSA) is 38.3 Å². The number of rotatable bonds is 7. The molecule has 2 aromatic rings. The molecule has 0 heterocycles. The van der Waals surface area contributed by atoms with Crippen LogP contribution in [0.1, 0.15) is 18.9 Å². The second-order valence-electron chi connectivity index (χ2n) is 5.24. The largest absolute Gasteiger partial charge is 0.484 e. The van der Waals surface area contributed by atoms with E-state index in [9.17, 15) is 4.79 Å². The Labute approximate surface area is 145 Å². The summed E-state index contributed by atoms with van der Waals surface area (Å²) in [6.07, 6.45) is 1.87. The molecular formula is C18H20INO2. The molecule has 0 saturated carbocycles. The fraction of sp³-hybridized carbons (Fsp3) is 0.278. The minimum atomic E-state index is -0.0842. The summed E-state index contributed by atoms with van der Waals surface area (Å²) in [6.45, 7) is 2.07. The molecule has 0 fully saturated rings. The van der Waals surface area contributed by atoms with Crippen LogP contribution in [-0.4, -0.2) is 18.6 Å². The van der Waals surface area contributed by atoms with Crippen molar-refractivity contribution in [2.24, 2.45) is 0 Å². The Morgan fingerprint density at radius 2 is 1.82 bits per heavy atom. The summed E-state index contributed by atoms with van der Waals surface area (Å²) in [5.74, 6) is 0.631. The van der Waals surface area contributed by atoms with E-state index in [4.69, 9.17) is 4.74 Å². The zero-order chi connectivity index (χ0) is 15.8. The van der Waals surface area contributed by atoms with Crippen molar-refractivity contribution < 1.29 is 9.53 Å². The Balaban J connectivity index is 1.68. The summed E-state index contributed by atoms with van der Waals surface area (Å²) in [4.78, 5) is 11.9. The number of nitrogens with one attached hydrogen (secondary N) is 1. The monoisotopic (exact) mass is 409 g/mol. The summed E-state index contributed by atoms with van der Waals surface area (Å²) in [5, 5.41) is 2.97. The highest BCUT2D eigenvalue weighted by molar-refractivity contribution is 14.1. The van der Waals surface area contributed by atoms with E-state index < -0.39 is 0 Å². The molecule has 0 spiro atoms. The standard InChI is InChI=1S/C18H20INO2/c1-14(7-8-15-5-3-2-4-6-15)20-18(21)13-22-17-11-9-16(19)10-12-17/h2-6,9-12,14H,7-8,13H2,1H3,(H,20,21). The van der Waals surface area contributed by atoms with Gasteiger partial charge in [0.25, 0.3) is 5.91 Å². The zero-order valence-corrected chi connectivity index (χ0v) is 14.7. The van der Waals surface area contributed by atoms with Crippen LogP contribution in [0.25, 0.3) is 0 Å². The summed E-state index contributed by atoms with van der Waals surface area (Å²) in [7, 11) is 0. The lowest BCUT2D eigenvalue weighted by molar-refractivity contribution is -0.123. The third kappa shape index (κ3) is 6.05. The van der Waals surface area contributed by atoms with E-state index in [0.717, 1.165) is 16.4 Å². The highest BCUT2D eigenvalue weighted by Crippen LogP contribution is 2.13. The smallest absolute Gasteiger partial charge is 0.258 e. The van der Waals surface area contributed by atoms with Crippen molar-refractivity contribution in [3.63, 3.8) is 0 Å². The molecule has 22 heavy (non-hydrogen) atoms. The van der Waals surface area contributed by atoms with Gasteiger partial charge < -0.3 is 10.1 Å². The lowest BCUT2D eigenvalue weighted by Crippen LogP contribution is -2.36. The number of hydrogen-bond donors (Lipinski definition) is 1. The number of benzene rings is 2. The van der Waals surface area contributed by atoms with E-state index in [2.05, 4.69) is 40.0 Å². The third-order valence-electron chi connectivity index (χ3n) is 3.30. The minimum absolute atomic E-state index is 0.0519. The Morgan fingerprint density at radius 3 is 2.50 bits per heavy atom. The average molecular weight is 409 g/mol. The first-order chi connectivity index (χ1) is 10.6. The van der Waals surface area contributed by atoms with Crippen LogP contribution in [0.4, 0.5) is 0 Å². The molecule has 0 aliphatic rings. The highest BCUT2D eigenvalue weighted by atomic mass is 127. The fourth-order valence-corrected chi connectivity index (χ4v) is 2.46. The molecule has 0 bridgehead atoms. The normalized spacial score (nSPS) is 11.7. The van der Waals surface area contributed by atoms with Crippen molar-refractivity contribution in [3.05, 3.63) is 63.7 Å². The van der Waals surface area contributed by atoms with Crippen molar-refractivity contribution in [1.82, 2.24) is 5.32 Å². The van der Waals surface area contributed by atoms with Gasteiger partial charge in [-0.2, -0.15) is 0 Å². The number of ether oxygens (including phenoxy) is 1. The molecule has 0 aliphatic carbocycles. The van der Waals surface area contributed by atoms with Crippen molar-refractivity contribution >= 4 is 28.5 Å². The molecule has 0 saturated heterocycles. The van der Waals surface area contributed by atoms with E-state index in [1.807, 2.05) is 49.4 Å². The van der Waals surface area contributed by atoms with Crippen LogP contribution < -0.4 is 10.1 Å². The summed E-state index contributed by atoms with van der Waals surface area (Å²) in [5.41, 5.74) is 1.29. The second-order valence-corrected chi connectivity index (χ2v) is 6.48. The molecule has 0 radical (unpaired) electrons. The van der Waals surface area contributed by atoms with Gasteiger partial charge in [-0.25, -0.2) is 0 Å². The van der Waals surface area contributed by atoms with E-state index >= 15 is 0 Å². The van der Waals surface area contributed by atoms with Crippen LogP contribution in [0.3, 0.4) is 0 Å². The molecule has 2 rings (SSSR count). The van der Waals surface area contributed by atoms with Crippen LogP contribution in [-0.2, 0) is 11.2 Å². The molecule has 1 unspecified atom stereocenters. The highest BCUT2D eigenvalue weighted by Gasteiger charge is 2.08. The van der Waals surface area contributed by atoms with Crippen LogP contribution in [0.15, 0.2) is 54.6 Å². The molecule has 0 aromatic heterocycles. The van der Waals surface area contributed by atoms with Gasteiger partial charge in [-0.05, 0) is 72.2 Å². The van der Waals surface area contributed by atoms with Gasteiger partial charge in [-0.15, -0.1) is 0 Å². The maximum Gasteiger partial charge on any atom is 0.258 e. The average Bonchev–Trinajstić information content (AvgIpc) is 2.53. The van der Waals surface area contributed by atoms with Gasteiger partial charge in [0.05, 0.1) is 0 Å². The van der Waals surface area contributed by atoms with Crippen LogP contribution in [0.2, 0.25) is 0 Å². The maximum absolute atomic E-state index is 11.9. The van der Waals surface area contributed by atoms with Crippen molar-refractivity contribution in [3.8, 4) is 5.75 Å². The number of carbonyl (C=O) groups excluding carboxylic acids is 1. The molecule has 1 N–H and O–H groups in total. The summed E-state index contributed by atoms with van der Waals surface area (Å²) < 4.78 is 6.61. The minimum Gasteiger partial charge on any atom is -0.484 e. The Hall–Kier alpha value is -1.56. The van der Waals surface area contributed by atoms with Gasteiger partial charge in [0.2, 0.25) is 0 Å². The number of hydrogen-bond acceptors (Lipinski definition) is 2. The number of carbonyl (C=O) groups is 1. The van der Waals surface area contributed by atoms with Gasteiger partial charge in [0.15, 0.2) is 6.61 Å². The first-order valence-electron chi connectivity index (χ1n) is 7.35. The van der Waals surface area contributed by atoms with Crippen LogP contribution >= 0.6 is 22.6 Å². The van der Waals surface area contributed by atoms with E-state index in [1.54, 1.807) is 0 Å². The fourth-order valence-electron chi connectivity index (χ4n) is 2.10. The quantitative estimate of drug-likeness (QED) is 0.707. The number of aryl methyl sites for hydroxylation is 1. The summed E-state index contributed by atoms with van der Waals surface area (Å²) >= 11 is 2.23. The van der Waals surface area contributed by atoms with Gasteiger partial charge in [-0.1, -0.05) is 30.3 Å². The molecule has 3 nitrogen and oxygen atoms in total. The number of amides is 1. The van der Waals surface area contributed by atoms with Gasteiger partial charge in [0.1, 0.15) is 5.75 Å². The van der Waals surface area contributed by atoms with Crippen molar-refractivity contribution in [1.29, 1.82) is 0 Å². The van der Waals surface area contributed by atoms with Gasteiger partial charge in [0, 0.05) is 9.61 Å². The lowest BCUT2D eigenvalue weighted by atomic mass is 10.1. The lowest BCUT2D eigenvalue weighted by Gasteiger charge is -2.14. The van der Waals surface area contributed by atoms with Crippen LogP contribution in [0, 0.1) is 3.57 Å². The Morgan fingerprint density at radius 1 is 1.14 bits per heavy atom. The molecule has 0 aliphatic heterocycles. The van der Waals surface area contributed by atoms with Crippen molar-refractivity contribution in [2.75, 3.05) is 6.61 Å². The molecule has 2 aromatic carbocycles. The molecule has 4 heteroatoms. The first kappa shape index (κ1) is 16.8. The second kappa shape index (κ2) is 8.78. The maximum atomic E-state index is 11.9. The number of halogens is 1. The zero-order valence-electron chi connectivity index (χ0n) is 12.6. The van der Waals surface area contributed by atoms with E-state index in [0.29, 0.717) is 5.75 Å². The van der Waals surface area contributed by atoms with Crippen LogP contribution in [0.5, 0.6) is 5.75 Å². The molecule has 1 amide bonds. The van der Waals surface area contributed by atoms with E-state index in [-0.39, 0.29) is 18.6 Å². The van der Waals surface area contributed by atoms with Gasteiger partial charge in [-0.3, -0.25) is 4.79 Å².